The molecule has 0 saturated carbocycles. The fraction of sp³-hybridized carbons (Fsp3) is 0.933. The summed E-state index contributed by atoms with van der Waals surface area (Å²) in [5.41, 5.74) is 0. The first-order chi connectivity index (χ1) is 9.31. The zero-order valence-corrected chi connectivity index (χ0v) is 16.3. The average Bonchev–Trinajstić information content (AvgIpc) is 2.42. The van der Waals surface area contributed by atoms with Gasteiger partial charge in [-0.1, -0.05) is 83.7 Å². The maximum Gasteiger partial charge on any atom is 0.305 e. The van der Waals surface area contributed by atoms with Gasteiger partial charge in [0.25, 0.3) is 0 Å². The molecule has 114 valence electrons. The van der Waals surface area contributed by atoms with Gasteiger partial charge in [0, 0.05) is 6.42 Å². The van der Waals surface area contributed by atoms with E-state index in [1.54, 1.807) is 0 Å². The van der Waals surface area contributed by atoms with Crippen LogP contribution in [0.1, 0.15) is 70.6 Å². The summed E-state index contributed by atoms with van der Waals surface area (Å²) in [4.78, 5) is 11.4. The summed E-state index contributed by atoms with van der Waals surface area (Å²) < 4.78 is 7.61. The van der Waals surface area contributed by atoms with E-state index in [9.17, 15) is 4.79 Å². The van der Waals surface area contributed by atoms with Gasteiger partial charge in [-0.05, 0) is 34.5 Å². The number of halogens is 2. The van der Waals surface area contributed by atoms with E-state index in [-0.39, 0.29) is 5.97 Å². The van der Waals surface area contributed by atoms with Crippen LogP contribution in [-0.2, 0) is 9.53 Å². The third-order valence-corrected chi connectivity index (χ3v) is 4.58. The van der Waals surface area contributed by atoms with Crippen LogP contribution in [-0.4, -0.2) is 21.4 Å². The first-order valence-corrected chi connectivity index (χ1v) is 10.6. The molecule has 0 unspecified atom stereocenters. The van der Waals surface area contributed by atoms with E-state index in [1.165, 1.54) is 49.4 Å². The minimum absolute atomic E-state index is 0.00416. The molecule has 0 aromatic heterocycles. The molecule has 0 aliphatic carbocycles. The molecule has 4 heteroatoms. The van der Waals surface area contributed by atoms with Crippen LogP contribution in [0.5, 0.6) is 0 Å². The molecule has 0 aromatic carbocycles. The number of hydrogen-bond donors (Lipinski definition) is 0. The Morgan fingerprint density at radius 3 is 1.74 bits per heavy atom. The highest BCUT2D eigenvalue weighted by Gasteiger charge is 2.02. The van der Waals surface area contributed by atoms with Gasteiger partial charge in [0.15, 0.2) is 0 Å². The maximum atomic E-state index is 11.4. The largest absolute Gasteiger partial charge is 0.466 e. The normalized spacial score (nSPS) is 10.6. The number of esters is 1. The maximum absolute atomic E-state index is 11.4. The first kappa shape index (κ1) is 19.9. The molecule has 0 spiro atoms. The number of carbonyl (C=O) groups excluding carboxylic acids is 1. The second-order valence-corrected chi connectivity index (χ2v) is 7.04. The van der Waals surface area contributed by atoms with Gasteiger partial charge in [-0.2, -0.15) is 0 Å². The number of rotatable bonds is 14. The van der Waals surface area contributed by atoms with Crippen LogP contribution < -0.4 is 0 Å². The molecular formula is C15H28I2O2. The van der Waals surface area contributed by atoms with E-state index < -0.39 is 0 Å². The third-order valence-electron chi connectivity index (χ3n) is 3.06. The molecule has 0 aromatic rings. The molecular weight excluding hydrogens is 466 g/mol. The third kappa shape index (κ3) is 16.9. The second kappa shape index (κ2) is 17.0. The smallest absolute Gasteiger partial charge is 0.305 e. The summed E-state index contributed by atoms with van der Waals surface area (Å²) in [5, 5.41) is 0. The van der Waals surface area contributed by atoms with Crippen molar-refractivity contribution in [3.8, 4) is 0 Å². The van der Waals surface area contributed by atoms with Crippen molar-refractivity contribution in [3.63, 3.8) is 0 Å². The summed E-state index contributed by atoms with van der Waals surface area (Å²) in [6.45, 7) is 0.610. The zero-order valence-electron chi connectivity index (χ0n) is 12.0. The van der Waals surface area contributed by atoms with Crippen LogP contribution >= 0.6 is 45.2 Å². The Hall–Kier alpha value is 0.930. The molecule has 0 radical (unpaired) electrons. The summed E-state index contributed by atoms with van der Waals surface area (Å²) >= 11 is 4.79. The minimum atomic E-state index is -0.00416. The lowest BCUT2D eigenvalue weighted by atomic mass is 10.1. The van der Waals surface area contributed by atoms with Crippen molar-refractivity contribution < 1.29 is 9.53 Å². The van der Waals surface area contributed by atoms with Gasteiger partial charge in [0.05, 0.1) is 6.61 Å². The molecule has 0 rings (SSSR count). The highest BCUT2D eigenvalue weighted by atomic mass is 127. The van der Waals surface area contributed by atoms with Crippen molar-refractivity contribution in [1.29, 1.82) is 0 Å². The molecule has 0 aliphatic rings. The van der Waals surface area contributed by atoms with Gasteiger partial charge in [-0.3, -0.25) is 4.79 Å². The van der Waals surface area contributed by atoms with Gasteiger partial charge in [0.1, 0.15) is 0 Å². The highest BCUT2D eigenvalue weighted by molar-refractivity contribution is 14.1. The topological polar surface area (TPSA) is 26.3 Å². The van der Waals surface area contributed by atoms with E-state index in [1.807, 2.05) is 0 Å². The number of ether oxygens (including phenoxy) is 1. The van der Waals surface area contributed by atoms with Crippen LogP contribution in [0.3, 0.4) is 0 Å². The SMILES string of the molecule is O=C(CCCCCCCCCCI)OCCCCI. The van der Waals surface area contributed by atoms with Gasteiger partial charge in [-0.15, -0.1) is 0 Å². The highest BCUT2D eigenvalue weighted by Crippen LogP contribution is 2.10. The van der Waals surface area contributed by atoms with E-state index in [2.05, 4.69) is 45.2 Å². The number of alkyl halides is 2. The molecule has 0 fully saturated rings. The molecule has 0 heterocycles. The standard InChI is InChI=1S/C15H28I2O2/c16-12-8-6-4-2-1-3-5-7-11-15(18)19-14-10-9-13-17/h1-14H2. The number of hydrogen-bond acceptors (Lipinski definition) is 2. The van der Waals surface area contributed by atoms with Gasteiger partial charge in [-0.25, -0.2) is 0 Å². The van der Waals surface area contributed by atoms with E-state index in [0.717, 1.165) is 23.7 Å². The number of unbranched alkanes of at least 4 members (excludes halogenated alkanes) is 8. The lowest BCUT2D eigenvalue weighted by Gasteiger charge is -2.04. The van der Waals surface area contributed by atoms with Crippen molar-refractivity contribution in [2.24, 2.45) is 0 Å². The van der Waals surface area contributed by atoms with Crippen LogP contribution in [0.25, 0.3) is 0 Å². The zero-order chi connectivity index (χ0) is 14.2. The second-order valence-electron chi connectivity index (χ2n) is 4.88. The number of carbonyl (C=O) groups is 1. The Balaban J connectivity index is 3.10. The van der Waals surface area contributed by atoms with E-state index in [0.29, 0.717) is 13.0 Å². The Labute approximate surface area is 146 Å². The van der Waals surface area contributed by atoms with Crippen LogP contribution in [0.4, 0.5) is 0 Å². The fourth-order valence-corrected chi connectivity index (χ4v) is 2.96. The first-order valence-electron chi connectivity index (χ1n) is 7.58. The summed E-state index contributed by atoms with van der Waals surface area (Å²) in [7, 11) is 0. The van der Waals surface area contributed by atoms with E-state index in [4.69, 9.17) is 4.74 Å². The Morgan fingerprint density at radius 2 is 1.16 bits per heavy atom. The molecule has 0 saturated heterocycles. The van der Waals surface area contributed by atoms with Gasteiger partial charge < -0.3 is 4.74 Å². The lowest BCUT2D eigenvalue weighted by molar-refractivity contribution is -0.143. The van der Waals surface area contributed by atoms with Gasteiger partial charge >= 0.3 is 5.97 Å². The van der Waals surface area contributed by atoms with Crippen molar-refractivity contribution in [3.05, 3.63) is 0 Å². The van der Waals surface area contributed by atoms with Crippen molar-refractivity contribution in [2.45, 2.75) is 70.6 Å². The van der Waals surface area contributed by atoms with E-state index >= 15 is 0 Å². The van der Waals surface area contributed by atoms with Crippen molar-refractivity contribution in [2.75, 3.05) is 15.5 Å². The van der Waals surface area contributed by atoms with Crippen LogP contribution in [0.2, 0.25) is 0 Å². The van der Waals surface area contributed by atoms with Gasteiger partial charge in [0.2, 0.25) is 0 Å². The molecule has 0 atom stereocenters. The molecule has 0 amide bonds. The summed E-state index contributed by atoms with van der Waals surface area (Å²) in [6.07, 6.45) is 13.0. The van der Waals surface area contributed by atoms with Crippen LogP contribution in [0, 0.1) is 0 Å². The monoisotopic (exact) mass is 494 g/mol. The summed E-state index contributed by atoms with van der Waals surface area (Å²) in [5.74, 6) is -0.00416. The molecule has 0 N–H and O–H groups in total. The predicted molar refractivity (Wildman–Crippen MR) is 99.5 cm³/mol. The van der Waals surface area contributed by atoms with Crippen molar-refractivity contribution in [1.82, 2.24) is 0 Å². The summed E-state index contributed by atoms with van der Waals surface area (Å²) in [6, 6.07) is 0. The Kier molecular flexibility index (Phi) is 17.8. The van der Waals surface area contributed by atoms with Crippen molar-refractivity contribution >= 4 is 51.2 Å². The van der Waals surface area contributed by atoms with Crippen LogP contribution in [0.15, 0.2) is 0 Å². The average molecular weight is 494 g/mol. The Bertz CT molecular complexity index is 199. The Morgan fingerprint density at radius 1 is 0.684 bits per heavy atom. The fourth-order valence-electron chi connectivity index (χ4n) is 1.88. The quantitative estimate of drug-likeness (QED) is 0.134. The molecule has 0 aliphatic heterocycles. The predicted octanol–water partition coefficient (Wildman–Crippen LogP) is 5.69. The minimum Gasteiger partial charge on any atom is -0.466 e. The molecule has 0 bridgehead atoms. The molecule has 2 nitrogen and oxygen atoms in total. The lowest BCUT2D eigenvalue weighted by Crippen LogP contribution is -2.05. The molecule has 19 heavy (non-hydrogen) atoms.